The van der Waals surface area contributed by atoms with E-state index in [0.29, 0.717) is 32.4 Å². The van der Waals surface area contributed by atoms with Gasteiger partial charge in [0, 0.05) is 19.6 Å². The van der Waals surface area contributed by atoms with E-state index in [4.69, 9.17) is 9.47 Å². The summed E-state index contributed by atoms with van der Waals surface area (Å²) in [6.45, 7) is 6.51. The number of para-hydroxylation sites is 1. The van der Waals surface area contributed by atoms with Gasteiger partial charge < -0.3 is 19.9 Å². The molecule has 0 radical (unpaired) electrons. The highest BCUT2D eigenvalue weighted by atomic mass is 19.1. The van der Waals surface area contributed by atoms with Gasteiger partial charge in [-0.05, 0) is 75.9 Å². The Morgan fingerprint density at radius 1 is 1.03 bits per heavy atom. The Hall–Kier alpha value is -3.17. The van der Waals surface area contributed by atoms with Gasteiger partial charge in [0.1, 0.15) is 17.9 Å². The monoisotopic (exact) mass is 513 g/mol. The van der Waals surface area contributed by atoms with E-state index in [2.05, 4.69) is 10.2 Å². The highest BCUT2D eigenvalue weighted by Crippen LogP contribution is 2.26. The molecule has 8 nitrogen and oxygen atoms in total. The molecule has 2 N–H and O–H groups in total. The molecule has 2 aromatic carbocycles. The van der Waals surface area contributed by atoms with Gasteiger partial charge in [0.05, 0.1) is 12.2 Å². The standard InChI is InChI=1S/C28H36FN3O5/c1-27(2)25(33)32(26(34)30-27)16-6-18-36-22-11-9-21(10-12-22)19-31-15-5-13-28(35,14-17-31)20-37-24-8-4-3-7-23(24)29/h3-4,7-12,35H,5-6,13-20H2,1-2H3,(H,30,34)/t28-/m0/s1. The quantitative estimate of drug-likeness (QED) is 0.372. The molecule has 2 fully saturated rings. The van der Waals surface area contributed by atoms with Crippen LogP contribution < -0.4 is 14.8 Å². The van der Waals surface area contributed by atoms with Gasteiger partial charge in [-0.2, -0.15) is 0 Å². The van der Waals surface area contributed by atoms with Crippen LogP contribution in [0.25, 0.3) is 0 Å². The fraction of sp³-hybridized carbons (Fsp3) is 0.500. The third kappa shape index (κ3) is 6.99. The number of imide groups is 1. The van der Waals surface area contributed by atoms with Crippen molar-refractivity contribution in [3.05, 3.63) is 59.9 Å². The van der Waals surface area contributed by atoms with Gasteiger partial charge in [-0.1, -0.05) is 24.3 Å². The van der Waals surface area contributed by atoms with Crippen LogP contribution in [0.4, 0.5) is 9.18 Å². The molecule has 37 heavy (non-hydrogen) atoms. The summed E-state index contributed by atoms with van der Waals surface area (Å²) in [5.74, 6) is 0.258. The average Bonchev–Trinajstić information content (AvgIpc) is 2.97. The first-order valence-corrected chi connectivity index (χ1v) is 12.8. The Balaban J connectivity index is 1.19. The number of hydrogen-bond donors (Lipinski definition) is 2. The molecule has 9 heteroatoms. The minimum atomic E-state index is -0.981. The van der Waals surface area contributed by atoms with E-state index in [1.807, 2.05) is 24.3 Å². The van der Waals surface area contributed by atoms with E-state index in [1.54, 1.807) is 32.0 Å². The smallest absolute Gasteiger partial charge is 0.325 e. The lowest BCUT2D eigenvalue weighted by atomic mass is 9.96. The maximum Gasteiger partial charge on any atom is 0.325 e. The predicted octanol–water partition coefficient (Wildman–Crippen LogP) is 3.72. The fourth-order valence-corrected chi connectivity index (χ4v) is 4.69. The molecule has 2 aliphatic heterocycles. The third-order valence-corrected chi connectivity index (χ3v) is 6.91. The molecular formula is C28H36FN3O5. The molecule has 2 aliphatic rings. The zero-order chi connectivity index (χ0) is 26.5. The van der Waals surface area contributed by atoms with Crippen LogP contribution >= 0.6 is 0 Å². The van der Waals surface area contributed by atoms with Crippen LogP contribution in [-0.4, -0.2) is 70.8 Å². The molecule has 2 heterocycles. The number of halogens is 1. The lowest BCUT2D eigenvalue weighted by molar-refractivity contribution is -0.130. The van der Waals surface area contributed by atoms with Gasteiger partial charge in [-0.3, -0.25) is 14.6 Å². The molecule has 0 unspecified atom stereocenters. The van der Waals surface area contributed by atoms with E-state index >= 15 is 0 Å². The molecule has 2 saturated heterocycles. The Bertz CT molecular complexity index is 1090. The van der Waals surface area contributed by atoms with Crippen LogP contribution in [0.1, 0.15) is 45.1 Å². The number of nitrogens with one attached hydrogen (secondary N) is 1. The molecule has 0 bridgehead atoms. The van der Waals surface area contributed by atoms with Gasteiger partial charge in [-0.25, -0.2) is 9.18 Å². The summed E-state index contributed by atoms with van der Waals surface area (Å²) in [7, 11) is 0. The SMILES string of the molecule is CC1(C)NC(=O)N(CCCOc2ccc(CN3CCC[C@@](O)(COc4ccccc4F)CC3)cc2)C1=O. The highest BCUT2D eigenvalue weighted by molar-refractivity contribution is 6.06. The second-order valence-electron chi connectivity index (χ2n) is 10.4. The van der Waals surface area contributed by atoms with E-state index < -0.39 is 17.0 Å². The number of amides is 3. The summed E-state index contributed by atoms with van der Waals surface area (Å²) in [6.07, 6.45) is 2.53. The summed E-state index contributed by atoms with van der Waals surface area (Å²) >= 11 is 0. The zero-order valence-corrected chi connectivity index (χ0v) is 21.5. The first-order chi connectivity index (χ1) is 17.7. The lowest BCUT2D eigenvalue weighted by Crippen LogP contribution is -2.40. The second-order valence-corrected chi connectivity index (χ2v) is 10.4. The summed E-state index contributed by atoms with van der Waals surface area (Å²) in [4.78, 5) is 27.7. The van der Waals surface area contributed by atoms with Crippen LogP contribution in [0.3, 0.4) is 0 Å². The highest BCUT2D eigenvalue weighted by Gasteiger charge is 2.43. The Labute approximate surface area is 217 Å². The van der Waals surface area contributed by atoms with Crippen molar-refractivity contribution in [2.45, 2.75) is 57.2 Å². The van der Waals surface area contributed by atoms with E-state index in [0.717, 1.165) is 37.4 Å². The minimum absolute atomic E-state index is 0.0716. The van der Waals surface area contributed by atoms with Gasteiger partial charge in [0.15, 0.2) is 11.6 Å². The molecule has 0 saturated carbocycles. The number of hydrogen-bond acceptors (Lipinski definition) is 6. The Kier molecular flexibility index (Phi) is 8.34. The molecule has 2 aromatic rings. The van der Waals surface area contributed by atoms with Gasteiger partial charge in [0.25, 0.3) is 5.91 Å². The number of ether oxygens (including phenoxy) is 2. The first-order valence-electron chi connectivity index (χ1n) is 12.8. The van der Waals surface area contributed by atoms with Crippen LogP contribution in [0.5, 0.6) is 11.5 Å². The number of aliphatic hydroxyl groups is 1. The molecule has 200 valence electrons. The minimum Gasteiger partial charge on any atom is -0.494 e. The predicted molar refractivity (Wildman–Crippen MR) is 137 cm³/mol. The number of benzene rings is 2. The van der Waals surface area contributed by atoms with Crippen molar-refractivity contribution in [2.75, 3.05) is 32.8 Å². The summed E-state index contributed by atoms with van der Waals surface area (Å²) in [6, 6.07) is 13.8. The van der Waals surface area contributed by atoms with Crippen LogP contribution in [0.2, 0.25) is 0 Å². The summed E-state index contributed by atoms with van der Waals surface area (Å²) < 4.78 is 25.2. The van der Waals surface area contributed by atoms with E-state index in [-0.39, 0.29) is 24.3 Å². The number of likely N-dealkylation sites (tertiary alicyclic amines) is 1. The molecule has 3 amide bonds. The summed E-state index contributed by atoms with van der Waals surface area (Å²) in [5.41, 5.74) is -0.693. The maximum atomic E-state index is 13.8. The van der Waals surface area contributed by atoms with Gasteiger partial charge in [-0.15, -0.1) is 0 Å². The number of rotatable bonds is 10. The number of carbonyl (C=O) groups excluding carboxylic acids is 2. The number of nitrogens with zero attached hydrogens (tertiary/aromatic N) is 2. The third-order valence-electron chi connectivity index (χ3n) is 6.91. The largest absolute Gasteiger partial charge is 0.494 e. The molecule has 1 atom stereocenters. The van der Waals surface area contributed by atoms with Crippen LogP contribution in [-0.2, 0) is 11.3 Å². The first kappa shape index (κ1) is 26.9. The second kappa shape index (κ2) is 11.5. The lowest BCUT2D eigenvalue weighted by Gasteiger charge is -2.27. The number of urea groups is 1. The molecular weight excluding hydrogens is 477 g/mol. The summed E-state index contributed by atoms with van der Waals surface area (Å²) in [5, 5.41) is 13.7. The molecule has 4 rings (SSSR count). The van der Waals surface area contributed by atoms with Crippen LogP contribution in [0.15, 0.2) is 48.5 Å². The van der Waals surface area contributed by atoms with Crippen molar-refractivity contribution in [3.8, 4) is 11.5 Å². The fourth-order valence-electron chi connectivity index (χ4n) is 4.69. The van der Waals surface area contributed by atoms with Gasteiger partial charge >= 0.3 is 6.03 Å². The molecule has 0 aliphatic carbocycles. The van der Waals surface area contributed by atoms with E-state index in [9.17, 15) is 19.1 Å². The Morgan fingerprint density at radius 3 is 2.49 bits per heavy atom. The van der Waals surface area contributed by atoms with Gasteiger partial charge in [0.2, 0.25) is 0 Å². The topological polar surface area (TPSA) is 91.3 Å². The van der Waals surface area contributed by atoms with Crippen molar-refractivity contribution in [1.82, 2.24) is 15.1 Å². The average molecular weight is 514 g/mol. The normalized spacial score (nSPS) is 22.0. The van der Waals surface area contributed by atoms with Crippen molar-refractivity contribution < 1.29 is 28.6 Å². The van der Waals surface area contributed by atoms with Crippen molar-refractivity contribution >= 4 is 11.9 Å². The van der Waals surface area contributed by atoms with E-state index in [1.165, 1.54) is 11.0 Å². The van der Waals surface area contributed by atoms with Crippen molar-refractivity contribution in [1.29, 1.82) is 0 Å². The molecule has 0 spiro atoms. The zero-order valence-electron chi connectivity index (χ0n) is 21.5. The van der Waals surface area contributed by atoms with Crippen molar-refractivity contribution in [3.63, 3.8) is 0 Å². The maximum absolute atomic E-state index is 13.8. The number of carbonyl (C=O) groups is 2. The molecule has 0 aromatic heterocycles. The Morgan fingerprint density at radius 2 is 1.78 bits per heavy atom. The van der Waals surface area contributed by atoms with Crippen molar-refractivity contribution in [2.24, 2.45) is 0 Å². The van der Waals surface area contributed by atoms with Crippen LogP contribution in [0, 0.1) is 5.82 Å².